The number of likely N-dealkylation sites (tertiary alicyclic amines) is 1. The van der Waals surface area contributed by atoms with Gasteiger partial charge in [0.2, 0.25) is 0 Å². The zero-order valence-corrected chi connectivity index (χ0v) is 11.5. The van der Waals surface area contributed by atoms with Gasteiger partial charge in [-0.05, 0) is 63.6 Å². The van der Waals surface area contributed by atoms with Gasteiger partial charge in [0.15, 0.2) is 0 Å². The number of Topliss-reactive ketones (excluding diaryl/α,β-unsaturated/α-hetero) is 1. The average molecular weight is 237 g/mol. The van der Waals surface area contributed by atoms with Gasteiger partial charge in [0.05, 0.1) is 0 Å². The summed E-state index contributed by atoms with van der Waals surface area (Å²) in [5, 5.41) is 0. The smallest absolute Gasteiger partial charge is 0.136 e. The standard InChI is InChI=1S/C15H27NO/c1-15(2)8-4-10-16(12-9-15)11-7-13-5-3-6-14(13)17/h13H,3-12H2,1-2H3. The summed E-state index contributed by atoms with van der Waals surface area (Å²) in [5.41, 5.74) is 0.526. The van der Waals surface area contributed by atoms with Crippen molar-refractivity contribution in [2.24, 2.45) is 11.3 Å². The second-order valence-corrected chi connectivity index (χ2v) is 6.70. The number of carbonyl (C=O) groups excluding carboxylic acids is 1. The molecule has 0 aromatic rings. The maximum atomic E-state index is 11.6. The van der Waals surface area contributed by atoms with Crippen LogP contribution in [0.1, 0.15) is 58.8 Å². The Balaban J connectivity index is 1.74. The Morgan fingerprint density at radius 2 is 2.06 bits per heavy atom. The molecule has 1 heterocycles. The molecule has 0 aromatic carbocycles. The fourth-order valence-electron chi connectivity index (χ4n) is 3.23. The van der Waals surface area contributed by atoms with Crippen LogP contribution in [0.15, 0.2) is 0 Å². The van der Waals surface area contributed by atoms with Crippen molar-refractivity contribution in [1.82, 2.24) is 4.90 Å². The quantitative estimate of drug-likeness (QED) is 0.751. The lowest BCUT2D eigenvalue weighted by Gasteiger charge is -2.23. The van der Waals surface area contributed by atoms with Gasteiger partial charge < -0.3 is 4.90 Å². The maximum absolute atomic E-state index is 11.6. The fraction of sp³-hybridized carbons (Fsp3) is 0.933. The summed E-state index contributed by atoms with van der Waals surface area (Å²) in [7, 11) is 0. The summed E-state index contributed by atoms with van der Waals surface area (Å²) in [5.74, 6) is 0.923. The molecule has 0 aromatic heterocycles. The molecule has 1 unspecified atom stereocenters. The minimum Gasteiger partial charge on any atom is -0.303 e. The molecular formula is C15H27NO. The average Bonchev–Trinajstić information content (AvgIpc) is 2.58. The van der Waals surface area contributed by atoms with Crippen LogP contribution in [-0.4, -0.2) is 30.3 Å². The maximum Gasteiger partial charge on any atom is 0.136 e. The van der Waals surface area contributed by atoms with Crippen molar-refractivity contribution >= 4 is 5.78 Å². The molecule has 2 fully saturated rings. The number of rotatable bonds is 3. The SMILES string of the molecule is CC1(C)CCCN(CCC2CCCC2=O)CC1. The van der Waals surface area contributed by atoms with E-state index >= 15 is 0 Å². The molecule has 1 atom stereocenters. The first kappa shape index (κ1) is 13.1. The highest BCUT2D eigenvalue weighted by Crippen LogP contribution is 2.30. The number of hydrogen-bond acceptors (Lipinski definition) is 2. The van der Waals surface area contributed by atoms with Gasteiger partial charge >= 0.3 is 0 Å². The van der Waals surface area contributed by atoms with E-state index < -0.39 is 0 Å². The van der Waals surface area contributed by atoms with E-state index in [-0.39, 0.29) is 0 Å². The Bertz CT molecular complexity index is 272. The lowest BCUT2D eigenvalue weighted by Crippen LogP contribution is -2.28. The monoisotopic (exact) mass is 237 g/mol. The van der Waals surface area contributed by atoms with Gasteiger partial charge in [0.25, 0.3) is 0 Å². The highest BCUT2D eigenvalue weighted by Gasteiger charge is 2.26. The third kappa shape index (κ3) is 3.80. The predicted octanol–water partition coefficient (Wildman–Crippen LogP) is 3.26. The molecule has 0 spiro atoms. The van der Waals surface area contributed by atoms with E-state index in [4.69, 9.17) is 0 Å². The van der Waals surface area contributed by atoms with Gasteiger partial charge in [-0.2, -0.15) is 0 Å². The molecule has 2 aliphatic rings. The molecule has 2 nitrogen and oxygen atoms in total. The normalized spacial score (nSPS) is 30.5. The molecule has 1 saturated heterocycles. The van der Waals surface area contributed by atoms with Crippen molar-refractivity contribution in [3.05, 3.63) is 0 Å². The molecule has 2 heteroatoms. The van der Waals surface area contributed by atoms with Crippen molar-refractivity contribution in [3.63, 3.8) is 0 Å². The number of hydrogen-bond donors (Lipinski definition) is 0. The minimum absolute atomic E-state index is 0.395. The molecular weight excluding hydrogens is 210 g/mol. The number of nitrogens with zero attached hydrogens (tertiary/aromatic N) is 1. The van der Waals surface area contributed by atoms with Gasteiger partial charge in [-0.25, -0.2) is 0 Å². The molecule has 1 aliphatic carbocycles. The van der Waals surface area contributed by atoms with Crippen LogP contribution in [0.3, 0.4) is 0 Å². The van der Waals surface area contributed by atoms with E-state index in [2.05, 4.69) is 18.7 Å². The summed E-state index contributed by atoms with van der Waals surface area (Å²) < 4.78 is 0. The summed E-state index contributed by atoms with van der Waals surface area (Å²) in [6.07, 6.45) is 8.23. The summed E-state index contributed by atoms with van der Waals surface area (Å²) in [6.45, 7) is 8.39. The summed E-state index contributed by atoms with van der Waals surface area (Å²) in [6, 6.07) is 0. The minimum atomic E-state index is 0.395. The van der Waals surface area contributed by atoms with E-state index in [1.807, 2.05) is 0 Å². The van der Waals surface area contributed by atoms with Crippen molar-refractivity contribution in [2.45, 2.75) is 58.8 Å². The lowest BCUT2D eigenvalue weighted by atomic mass is 9.85. The molecule has 0 N–H and O–H groups in total. The van der Waals surface area contributed by atoms with Crippen molar-refractivity contribution in [2.75, 3.05) is 19.6 Å². The number of carbonyl (C=O) groups is 1. The highest BCUT2D eigenvalue weighted by molar-refractivity contribution is 5.82. The number of ketones is 1. The Labute approximate surface area is 106 Å². The van der Waals surface area contributed by atoms with Crippen LogP contribution < -0.4 is 0 Å². The first-order chi connectivity index (χ1) is 8.07. The van der Waals surface area contributed by atoms with E-state index in [0.717, 1.165) is 32.2 Å². The Kier molecular flexibility index (Phi) is 4.24. The Hall–Kier alpha value is -0.370. The zero-order chi connectivity index (χ0) is 12.3. The van der Waals surface area contributed by atoms with Crippen molar-refractivity contribution in [1.29, 1.82) is 0 Å². The third-order valence-corrected chi connectivity index (χ3v) is 4.66. The van der Waals surface area contributed by atoms with Crippen LogP contribution in [0.5, 0.6) is 0 Å². The molecule has 17 heavy (non-hydrogen) atoms. The topological polar surface area (TPSA) is 20.3 Å². The van der Waals surface area contributed by atoms with Gasteiger partial charge in [-0.1, -0.05) is 13.8 Å². The van der Waals surface area contributed by atoms with Gasteiger partial charge in [0.1, 0.15) is 5.78 Å². The molecule has 1 aliphatic heterocycles. The van der Waals surface area contributed by atoms with E-state index in [0.29, 0.717) is 17.1 Å². The second-order valence-electron chi connectivity index (χ2n) is 6.70. The Morgan fingerprint density at radius 3 is 2.76 bits per heavy atom. The predicted molar refractivity (Wildman–Crippen MR) is 71.0 cm³/mol. The van der Waals surface area contributed by atoms with Crippen LogP contribution in [0.2, 0.25) is 0 Å². The molecule has 0 amide bonds. The molecule has 0 radical (unpaired) electrons. The molecule has 2 rings (SSSR count). The van der Waals surface area contributed by atoms with Crippen LogP contribution in [0.4, 0.5) is 0 Å². The van der Waals surface area contributed by atoms with Crippen LogP contribution in [0.25, 0.3) is 0 Å². The summed E-state index contributed by atoms with van der Waals surface area (Å²) in [4.78, 5) is 14.2. The van der Waals surface area contributed by atoms with E-state index in [9.17, 15) is 4.79 Å². The fourth-order valence-corrected chi connectivity index (χ4v) is 3.23. The molecule has 98 valence electrons. The summed E-state index contributed by atoms with van der Waals surface area (Å²) >= 11 is 0. The largest absolute Gasteiger partial charge is 0.303 e. The molecule has 1 saturated carbocycles. The van der Waals surface area contributed by atoms with E-state index in [1.165, 1.54) is 32.4 Å². The Morgan fingerprint density at radius 1 is 1.24 bits per heavy atom. The highest BCUT2D eigenvalue weighted by atomic mass is 16.1. The lowest BCUT2D eigenvalue weighted by molar-refractivity contribution is -0.120. The third-order valence-electron chi connectivity index (χ3n) is 4.66. The first-order valence-corrected chi connectivity index (χ1v) is 7.32. The van der Waals surface area contributed by atoms with Crippen molar-refractivity contribution < 1.29 is 4.79 Å². The van der Waals surface area contributed by atoms with Gasteiger partial charge in [-0.3, -0.25) is 4.79 Å². The van der Waals surface area contributed by atoms with Crippen LogP contribution in [0, 0.1) is 11.3 Å². The second kappa shape index (κ2) is 5.51. The van der Waals surface area contributed by atoms with E-state index in [1.54, 1.807) is 0 Å². The molecule has 0 bridgehead atoms. The van der Waals surface area contributed by atoms with Gasteiger partial charge in [-0.15, -0.1) is 0 Å². The first-order valence-electron chi connectivity index (χ1n) is 7.32. The van der Waals surface area contributed by atoms with Gasteiger partial charge in [0, 0.05) is 12.3 Å². The van der Waals surface area contributed by atoms with Crippen LogP contribution in [-0.2, 0) is 4.79 Å². The zero-order valence-electron chi connectivity index (χ0n) is 11.5. The van der Waals surface area contributed by atoms with Crippen LogP contribution >= 0.6 is 0 Å². The van der Waals surface area contributed by atoms with Crippen molar-refractivity contribution in [3.8, 4) is 0 Å².